The Balaban J connectivity index is 2.79. The minimum absolute atomic E-state index is 0.0512. The first kappa shape index (κ1) is 15.4. The van der Waals surface area contributed by atoms with Crippen molar-refractivity contribution in [2.24, 2.45) is 0 Å². The summed E-state index contributed by atoms with van der Waals surface area (Å²) in [6.07, 6.45) is 1.73. The molecule has 5 heteroatoms. The lowest BCUT2D eigenvalue weighted by atomic mass is 9.94. The van der Waals surface area contributed by atoms with Gasteiger partial charge in [-0.3, -0.25) is 0 Å². The van der Waals surface area contributed by atoms with Gasteiger partial charge < -0.3 is 9.47 Å². The molecule has 0 radical (unpaired) electrons. The molecule has 0 saturated heterocycles. The van der Waals surface area contributed by atoms with Crippen molar-refractivity contribution in [3.8, 4) is 0 Å². The number of ether oxygens (including phenoxy) is 2. The van der Waals surface area contributed by atoms with E-state index in [4.69, 9.17) is 4.74 Å². The summed E-state index contributed by atoms with van der Waals surface area (Å²) in [5.41, 5.74) is 0.495. The van der Waals surface area contributed by atoms with Crippen LogP contribution in [0.15, 0.2) is 18.2 Å². The molecule has 19 heavy (non-hydrogen) atoms. The molecule has 0 amide bonds. The summed E-state index contributed by atoms with van der Waals surface area (Å²) in [5.74, 6) is -1.49. The summed E-state index contributed by atoms with van der Waals surface area (Å²) in [7, 11) is 1.21. The summed E-state index contributed by atoms with van der Waals surface area (Å²) in [6, 6.07) is 3.36. The molecule has 0 bridgehead atoms. The Bertz CT molecular complexity index is 401. The summed E-state index contributed by atoms with van der Waals surface area (Å²) in [4.78, 5) is 11.0. The fourth-order valence-corrected chi connectivity index (χ4v) is 1.84. The number of halogens is 2. The van der Waals surface area contributed by atoms with Gasteiger partial charge in [-0.25, -0.2) is 13.6 Å². The maximum Gasteiger partial charge on any atom is 0.507 e. The van der Waals surface area contributed by atoms with Crippen molar-refractivity contribution in [3.63, 3.8) is 0 Å². The second kappa shape index (κ2) is 7.71. The molecule has 0 aliphatic rings. The van der Waals surface area contributed by atoms with Crippen molar-refractivity contribution < 1.29 is 23.0 Å². The first-order chi connectivity index (χ1) is 9.06. The van der Waals surface area contributed by atoms with Crippen molar-refractivity contribution in [3.05, 3.63) is 35.4 Å². The minimum atomic E-state index is -0.793. The Morgan fingerprint density at radius 2 is 1.89 bits per heavy atom. The molecule has 1 aromatic carbocycles. The second-order valence-corrected chi connectivity index (χ2v) is 4.31. The first-order valence-electron chi connectivity index (χ1n) is 6.23. The van der Waals surface area contributed by atoms with Crippen LogP contribution in [-0.2, 0) is 9.47 Å². The number of hydrogen-bond donors (Lipinski definition) is 0. The highest BCUT2D eigenvalue weighted by atomic mass is 19.1. The SMILES string of the molecule is CCCCC(COC(=O)OC)c1cc(F)cc(F)c1. The highest BCUT2D eigenvalue weighted by molar-refractivity contribution is 5.59. The Labute approximate surface area is 111 Å². The molecule has 1 atom stereocenters. The third kappa shape index (κ3) is 5.24. The van der Waals surface area contributed by atoms with Crippen LogP contribution in [0.2, 0.25) is 0 Å². The first-order valence-corrected chi connectivity index (χ1v) is 6.23. The third-order valence-corrected chi connectivity index (χ3v) is 2.83. The predicted octanol–water partition coefficient (Wildman–Crippen LogP) is 4.02. The monoisotopic (exact) mass is 272 g/mol. The summed E-state index contributed by atoms with van der Waals surface area (Å²) in [5, 5.41) is 0. The van der Waals surface area contributed by atoms with Crippen LogP contribution < -0.4 is 0 Å². The number of benzene rings is 1. The number of carbonyl (C=O) groups excluding carboxylic acids is 1. The van der Waals surface area contributed by atoms with E-state index >= 15 is 0 Å². The summed E-state index contributed by atoms with van der Waals surface area (Å²) >= 11 is 0. The average Bonchev–Trinajstić information content (AvgIpc) is 2.37. The molecular formula is C14H18F2O3. The number of methoxy groups -OCH3 is 1. The molecule has 0 heterocycles. The highest BCUT2D eigenvalue weighted by Crippen LogP contribution is 2.24. The molecule has 0 fully saturated rings. The van der Waals surface area contributed by atoms with E-state index in [0.717, 1.165) is 18.9 Å². The lowest BCUT2D eigenvalue weighted by Crippen LogP contribution is -2.13. The molecule has 3 nitrogen and oxygen atoms in total. The van der Waals surface area contributed by atoms with E-state index in [9.17, 15) is 13.6 Å². The van der Waals surface area contributed by atoms with Crippen LogP contribution in [0.1, 0.15) is 37.7 Å². The molecule has 106 valence electrons. The van der Waals surface area contributed by atoms with E-state index in [1.807, 2.05) is 6.92 Å². The van der Waals surface area contributed by atoms with Gasteiger partial charge in [0.1, 0.15) is 18.2 Å². The van der Waals surface area contributed by atoms with Crippen LogP contribution in [0.5, 0.6) is 0 Å². The van der Waals surface area contributed by atoms with E-state index in [1.54, 1.807) is 0 Å². The van der Waals surface area contributed by atoms with E-state index in [-0.39, 0.29) is 12.5 Å². The molecule has 0 aliphatic carbocycles. The molecule has 0 aliphatic heterocycles. The van der Waals surface area contributed by atoms with Crippen LogP contribution in [0.25, 0.3) is 0 Å². The van der Waals surface area contributed by atoms with Crippen molar-refractivity contribution >= 4 is 6.16 Å². The number of rotatable bonds is 6. The Morgan fingerprint density at radius 1 is 1.26 bits per heavy atom. The predicted molar refractivity (Wildman–Crippen MR) is 67.0 cm³/mol. The van der Waals surface area contributed by atoms with E-state index in [0.29, 0.717) is 12.0 Å². The topological polar surface area (TPSA) is 35.5 Å². The maximum absolute atomic E-state index is 13.2. The molecule has 0 N–H and O–H groups in total. The molecule has 0 saturated carbocycles. The molecule has 1 rings (SSSR count). The van der Waals surface area contributed by atoms with Crippen LogP contribution in [0, 0.1) is 11.6 Å². The van der Waals surface area contributed by atoms with Gasteiger partial charge in [0, 0.05) is 12.0 Å². The normalized spacial score (nSPS) is 12.0. The minimum Gasteiger partial charge on any atom is -0.438 e. The number of hydrogen-bond acceptors (Lipinski definition) is 3. The zero-order valence-corrected chi connectivity index (χ0v) is 11.1. The standard InChI is InChI=1S/C14H18F2O3/c1-3-4-5-10(9-19-14(17)18-2)11-6-12(15)8-13(16)7-11/h6-8,10H,3-5,9H2,1-2H3. The Hall–Kier alpha value is -1.65. The van der Waals surface area contributed by atoms with Gasteiger partial charge in [-0.15, -0.1) is 0 Å². The van der Waals surface area contributed by atoms with Crippen molar-refractivity contribution in [2.45, 2.75) is 32.1 Å². The van der Waals surface area contributed by atoms with E-state index in [1.165, 1.54) is 19.2 Å². The van der Waals surface area contributed by atoms with Gasteiger partial charge in [-0.2, -0.15) is 0 Å². The van der Waals surface area contributed by atoms with Crippen LogP contribution >= 0.6 is 0 Å². The second-order valence-electron chi connectivity index (χ2n) is 4.31. The van der Waals surface area contributed by atoms with Crippen LogP contribution in [-0.4, -0.2) is 19.9 Å². The van der Waals surface area contributed by atoms with E-state index < -0.39 is 17.8 Å². The van der Waals surface area contributed by atoms with Crippen molar-refractivity contribution in [1.29, 1.82) is 0 Å². The summed E-state index contributed by atoms with van der Waals surface area (Å²) < 4.78 is 35.7. The van der Waals surface area contributed by atoms with E-state index in [2.05, 4.69) is 4.74 Å². The molecule has 0 aromatic heterocycles. The quantitative estimate of drug-likeness (QED) is 0.734. The van der Waals surface area contributed by atoms with Crippen LogP contribution in [0.4, 0.5) is 13.6 Å². The van der Waals surface area contributed by atoms with Gasteiger partial charge in [0.15, 0.2) is 0 Å². The fourth-order valence-electron chi connectivity index (χ4n) is 1.84. The van der Waals surface area contributed by atoms with Gasteiger partial charge >= 0.3 is 6.16 Å². The molecule has 1 aromatic rings. The third-order valence-electron chi connectivity index (χ3n) is 2.83. The van der Waals surface area contributed by atoms with Gasteiger partial charge in [0.05, 0.1) is 7.11 Å². The van der Waals surface area contributed by atoms with Gasteiger partial charge in [0.25, 0.3) is 0 Å². The van der Waals surface area contributed by atoms with Gasteiger partial charge in [-0.1, -0.05) is 19.8 Å². The zero-order valence-electron chi connectivity index (χ0n) is 11.1. The van der Waals surface area contributed by atoms with Gasteiger partial charge in [0.2, 0.25) is 0 Å². The molecule has 0 spiro atoms. The highest BCUT2D eigenvalue weighted by Gasteiger charge is 2.16. The lowest BCUT2D eigenvalue weighted by Gasteiger charge is -2.17. The number of carbonyl (C=O) groups is 1. The zero-order chi connectivity index (χ0) is 14.3. The fraction of sp³-hybridized carbons (Fsp3) is 0.500. The molecular weight excluding hydrogens is 254 g/mol. The summed E-state index contributed by atoms with van der Waals surface area (Å²) in [6.45, 7) is 2.07. The number of unbranched alkanes of at least 4 members (excludes halogenated alkanes) is 1. The lowest BCUT2D eigenvalue weighted by molar-refractivity contribution is 0.0667. The van der Waals surface area contributed by atoms with Crippen LogP contribution in [0.3, 0.4) is 0 Å². The smallest absolute Gasteiger partial charge is 0.438 e. The maximum atomic E-state index is 13.2. The largest absolute Gasteiger partial charge is 0.507 e. The Kier molecular flexibility index (Phi) is 6.25. The van der Waals surface area contributed by atoms with Crippen molar-refractivity contribution in [1.82, 2.24) is 0 Å². The average molecular weight is 272 g/mol. The van der Waals surface area contributed by atoms with Crippen molar-refractivity contribution in [2.75, 3.05) is 13.7 Å². The van der Waals surface area contributed by atoms with Gasteiger partial charge in [-0.05, 0) is 24.1 Å². The Morgan fingerprint density at radius 3 is 2.42 bits per heavy atom. The molecule has 1 unspecified atom stereocenters.